The Labute approximate surface area is 115 Å². The highest BCUT2D eigenvalue weighted by atomic mass is 16.3. The second-order valence-corrected chi connectivity index (χ2v) is 5.23. The van der Waals surface area contributed by atoms with Gasteiger partial charge >= 0.3 is 5.69 Å². The standard InChI is InChI=1S/C15H16N2O3/c18-13-12(11-7-2-1-3-8-11)14(19)17(15(20)16-13)9-10-5-4-6-10/h1-3,7-8,10,19H,4-6,9H2,(H,16,18,20). The van der Waals surface area contributed by atoms with Crippen molar-refractivity contribution >= 4 is 0 Å². The third kappa shape index (κ3) is 2.15. The number of H-pyrrole nitrogens is 1. The maximum absolute atomic E-state index is 12.0. The van der Waals surface area contributed by atoms with Crippen LogP contribution >= 0.6 is 0 Å². The fourth-order valence-electron chi connectivity index (χ4n) is 2.53. The maximum atomic E-state index is 12.0. The normalized spacial score (nSPS) is 15.0. The van der Waals surface area contributed by atoms with Gasteiger partial charge in [-0.15, -0.1) is 0 Å². The molecule has 5 nitrogen and oxygen atoms in total. The third-order valence-corrected chi connectivity index (χ3v) is 3.90. The lowest BCUT2D eigenvalue weighted by Gasteiger charge is -2.26. The summed E-state index contributed by atoms with van der Waals surface area (Å²) in [4.78, 5) is 26.1. The predicted octanol–water partition coefficient (Wildman–Crippen LogP) is 1.71. The van der Waals surface area contributed by atoms with Gasteiger partial charge in [0.05, 0.1) is 0 Å². The van der Waals surface area contributed by atoms with Crippen molar-refractivity contribution in [1.82, 2.24) is 9.55 Å². The van der Waals surface area contributed by atoms with Crippen LogP contribution in [0, 0.1) is 5.92 Å². The number of nitrogens with zero attached hydrogens (tertiary/aromatic N) is 1. The Morgan fingerprint density at radius 3 is 2.50 bits per heavy atom. The molecule has 0 amide bonds. The van der Waals surface area contributed by atoms with E-state index in [0.29, 0.717) is 18.0 Å². The zero-order valence-electron chi connectivity index (χ0n) is 11.0. The average Bonchev–Trinajstić information content (AvgIpc) is 2.37. The fraction of sp³-hybridized carbons (Fsp3) is 0.333. The largest absolute Gasteiger partial charge is 0.494 e. The van der Waals surface area contributed by atoms with Gasteiger partial charge in [-0.3, -0.25) is 14.3 Å². The van der Waals surface area contributed by atoms with Crippen molar-refractivity contribution in [2.75, 3.05) is 0 Å². The molecule has 1 aliphatic rings. The number of benzene rings is 1. The Morgan fingerprint density at radius 2 is 1.90 bits per heavy atom. The molecule has 1 saturated carbocycles. The fourth-order valence-corrected chi connectivity index (χ4v) is 2.53. The minimum atomic E-state index is -0.552. The van der Waals surface area contributed by atoms with Crippen LogP contribution in [0.1, 0.15) is 19.3 Å². The molecule has 0 saturated heterocycles. The van der Waals surface area contributed by atoms with Crippen LogP contribution in [-0.2, 0) is 6.54 Å². The van der Waals surface area contributed by atoms with E-state index in [0.717, 1.165) is 19.3 Å². The van der Waals surface area contributed by atoms with Crippen LogP contribution in [0.25, 0.3) is 11.1 Å². The van der Waals surface area contributed by atoms with Gasteiger partial charge in [-0.25, -0.2) is 4.79 Å². The number of hydrogen-bond donors (Lipinski definition) is 2. The molecule has 0 atom stereocenters. The Hall–Kier alpha value is -2.30. The first-order valence-electron chi connectivity index (χ1n) is 6.78. The molecule has 0 bridgehead atoms. The van der Waals surface area contributed by atoms with Crippen molar-refractivity contribution in [2.24, 2.45) is 5.92 Å². The molecule has 2 N–H and O–H groups in total. The van der Waals surface area contributed by atoms with Crippen LogP contribution in [0.4, 0.5) is 0 Å². The van der Waals surface area contributed by atoms with Crippen molar-refractivity contribution < 1.29 is 5.11 Å². The topological polar surface area (TPSA) is 75.1 Å². The molecule has 20 heavy (non-hydrogen) atoms. The van der Waals surface area contributed by atoms with Gasteiger partial charge in [0.25, 0.3) is 5.56 Å². The van der Waals surface area contributed by atoms with Gasteiger partial charge < -0.3 is 5.11 Å². The first-order chi connectivity index (χ1) is 9.66. The first kappa shape index (κ1) is 12.7. The minimum Gasteiger partial charge on any atom is -0.494 e. The van der Waals surface area contributed by atoms with Gasteiger partial charge in [0.2, 0.25) is 5.88 Å². The molecule has 1 heterocycles. The van der Waals surface area contributed by atoms with Crippen LogP contribution in [0.2, 0.25) is 0 Å². The second kappa shape index (κ2) is 5.00. The molecule has 0 radical (unpaired) electrons. The summed E-state index contributed by atoms with van der Waals surface area (Å²) in [7, 11) is 0. The lowest BCUT2D eigenvalue weighted by Crippen LogP contribution is -2.34. The van der Waals surface area contributed by atoms with Crippen molar-refractivity contribution in [2.45, 2.75) is 25.8 Å². The maximum Gasteiger partial charge on any atom is 0.331 e. The lowest BCUT2D eigenvalue weighted by atomic mass is 9.85. The SMILES string of the molecule is O=c1[nH]c(=O)n(CC2CCC2)c(O)c1-c1ccccc1. The Balaban J connectivity index is 2.12. The van der Waals surface area contributed by atoms with E-state index in [1.807, 2.05) is 6.07 Å². The molecule has 1 aromatic heterocycles. The molecule has 0 unspecified atom stereocenters. The molecule has 1 aromatic carbocycles. The molecule has 1 aliphatic carbocycles. The van der Waals surface area contributed by atoms with Gasteiger partial charge in [-0.2, -0.15) is 0 Å². The summed E-state index contributed by atoms with van der Waals surface area (Å²) in [6, 6.07) is 8.88. The molecule has 3 rings (SSSR count). The predicted molar refractivity (Wildman–Crippen MR) is 75.8 cm³/mol. The van der Waals surface area contributed by atoms with E-state index >= 15 is 0 Å². The minimum absolute atomic E-state index is 0.157. The number of aromatic hydroxyl groups is 1. The average molecular weight is 272 g/mol. The summed E-state index contributed by atoms with van der Waals surface area (Å²) in [5.74, 6) is 0.171. The van der Waals surface area contributed by atoms with Gasteiger partial charge in [0.15, 0.2) is 0 Å². The molecule has 104 valence electrons. The van der Waals surface area contributed by atoms with E-state index in [2.05, 4.69) is 4.98 Å². The highest BCUT2D eigenvalue weighted by Gasteiger charge is 2.22. The van der Waals surface area contributed by atoms with E-state index in [4.69, 9.17) is 0 Å². The monoisotopic (exact) mass is 272 g/mol. The molecular formula is C15H16N2O3. The smallest absolute Gasteiger partial charge is 0.331 e. The summed E-state index contributed by atoms with van der Waals surface area (Å²) in [5, 5.41) is 10.3. The van der Waals surface area contributed by atoms with Gasteiger partial charge in [0.1, 0.15) is 5.56 Å². The Bertz CT molecular complexity index is 727. The highest BCUT2D eigenvalue weighted by molar-refractivity contribution is 5.67. The van der Waals surface area contributed by atoms with Gasteiger partial charge in [-0.05, 0) is 24.3 Å². The molecule has 5 heteroatoms. The van der Waals surface area contributed by atoms with Crippen LogP contribution in [0.5, 0.6) is 5.88 Å². The van der Waals surface area contributed by atoms with E-state index in [-0.39, 0.29) is 11.4 Å². The first-order valence-corrected chi connectivity index (χ1v) is 6.78. The summed E-state index contributed by atoms with van der Waals surface area (Å²) >= 11 is 0. The summed E-state index contributed by atoms with van der Waals surface area (Å²) in [5.41, 5.74) is -0.333. The molecular weight excluding hydrogens is 256 g/mol. The van der Waals surface area contributed by atoms with Crippen molar-refractivity contribution in [3.8, 4) is 17.0 Å². The number of aromatic nitrogens is 2. The third-order valence-electron chi connectivity index (χ3n) is 3.90. The number of aromatic amines is 1. The summed E-state index contributed by atoms with van der Waals surface area (Å²) in [6.45, 7) is 0.460. The molecule has 2 aromatic rings. The molecule has 1 fully saturated rings. The van der Waals surface area contributed by atoms with Crippen LogP contribution < -0.4 is 11.2 Å². The highest BCUT2D eigenvalue weighted by Crippen LogP contribution is 2.30. The van der Waals surface area contributed by atoms with E-state index < -0.39 is 11.2 Å². The van der Waals surface area contributed by atoms with Crippen molar-refractivity contribution in [3.05, 3.63) is 51.2 Å². The zero-order chi connectivity index (χ0) is 14.1. The summed E-state index contributed by atoms with van der Waals surface area (Å²) in [6.07, 6.45) is 3.28. The number of nitrogens with one attached hydrogen (secondary N) is 1. The van der Waals surface area contributed by atoms with E-state index in [9.17, 15) is 14.7 Å². The van der Waals surface area contributed by atoms with Crippen LogP contribution in [0.3, 0.4) is 0 Å². The van der Waals surface area contributed by atoms with Gasteiger partial charge in [0, 0.05) is 6.54 Å². The Kier molecular flexibility index (Phi) is 3.18. The number of hydrogen-bond acceptors (Lipinski definition) is 3. The molecule has 0 spiro atoms. The quantitative estimate of drug-likeness (QED) is 0.893. The van der Waals surface area contributed by atoms with Crippen LogP contribution in [0.15, 0.2) is 39.9 Å². The Morgan fingerprint density at radius 1 is 1.20 bits per heavy atom. The van der Waals surface area contributed by atoms with E-state index in [1.165, 1.54) is 4.57 Å². The van der Waals surface area contributed by atoms with Crippen molar-refractivity contribution in [3.63, 3.8) is 0 Å². The van der Waals surface area contributed by atoms with Crippen molar-refractivity contribution in [1.29, 1.82) is 0 Å². The zero-order valence-corrected chi connectivity index (χ0v) is 11.0. The second-order valence-electron chi connectivity index (χ2n) is 5.23. The van der Waals surface area contributed by atoms with Crippen LogP contribution in [-0.4, -0.2) is 14.7 Å². The number of rotatable bonds is 3. The lowest BCUT2D eigenvalue weighted by molar-refractivity contribution is 0.257. The summed E-state index contributed by atoms with van der Waals surface area (Å²) < 4.78 is 1.27. The molecule has 0 aliphatic heterocycles. The van der Waals surface area contributed by atoms with E-state index in [1.54, 1.807) is 24.3 Å². The van der Waals surface area contributed by atoms with Gasteiger partial charge in [-0.1, -0.05) is 36.8 Å².